The van der Waals surface area contributed by atoms with Gasteiger partial charge in [-0.05, 0) is 43.0 Å². The minimum atomic E-state index is -1.03. The van der Waals surface area contributed by atoms with Crippen LogP contribution in [-0.2, 0) is 4.79 Å². The molecule has 5 nitrogen and oxygen atoms in total. The second-order valence-electron chi connectivity index (χ2n) is 4.23. The van der Waals surface area contributed by atoms with Gasteiger partial charge in [0.1, 0.15) is 6.04 Å². The summed E-state index contributed by atoms with van der Waals surface area (Å²) < 4.78 is 0.843. The predicted octanol–water partition coefficient (Wildman–Crippen LogP) is 3.09. The molecule has 1 aromatic carbocycles. The van der Waals surface area contributed by atoms with Crippen molar-refractivity contribution in [3.8, 4) is 0 Å². The number of carboxylic acid groups (broad SMARTS) is 1. The quantitative estimate of drug-likeness (QED) is 0.728. The number of rotatable bonds is 6. The minimum Gasteiger partial charge on any atom is -0.480 e. The second kappa shape index (κ2) is 8.16. The molecule has 0 aromatic heterocycles. The highest BCUT2D eigenvalue weighted by Crippen LogP contribution is 2.20. The largest absolute Gasteiger partial charge is 0.480 e. The maximum absolute atomic E-state index is 11.8. The van der Waals surface area contributed by atoms with Crippen LogP contribution in [0.3, 0.4) is 0 Å². The first-order valence-corrected chi connectivity index (χ1v) is 8.18. The van der Waals surface area contributed by atoms with Gasteiger partial charge in [0.05, 0.1) is 0 Å². The van der Waals surface area contributed by atoms with E-state index < -0.39 is 18.0 Å². The van der Waals surface area contributed by atoms with Crippen molar-refractivity contribution in [1.29, 1.82) is 0 Å². The number of benzene rings is 1. The van der Waals surface area contributed by atoms with Crippen molar-refractivity contribution in [3.05, 3.63) is 28.2 Å². The molecule has 0 bridgehead atoms. The van der Waals surface area contributed by atoms with Gasteiger partial charge in [0.15, 0.2) is 0 Å². The second-order valence-corrected chi connectivity index (χ2v) is 6.13. The van der Waals surface area contributed by atoms with Crippen molar-refractivity contribution in [3.63, 3.8) is 0 Å². The average Bonchev–Trinajstić information content (AvgIpc) is 2.38. The molecule has 0 aliphatic rings. The van der Waals surface area contributed by atoms with Gasteiger partial charge >= 0.3 is 12.0 Å². The molecule has 1 unspecified atom stereocenters. The zero-order chi connectivity index (χ0) is 15.1. The van der Waals surface area contributed by atoms with Crippen molar-refractivity contribution in [1.82, 2.24) is 5.32 Å². The summed E-state index contributed by atoms with van der Waals surface area (Å²) in [6, 6.07) is 4.11. The number of carboxylic acids is 1. The molecule has 0 aliphatic heterocycles. The summed E-state index contributed by atoms with van der Waals surface area (Å²) in [4.78, 5) is 22.9. The third kappa shape index (κ3) is 5.42. The Morgan fingerprint density at radius 1 is 1.45 bits per heavy atom. The van der Waals surface area contributed by atoms with E-state index in [4.69, 9.17) is 5.11 Å². The number of amides is 2. The molecule has 0 fully saturated rings. The third-order valence-electron chi connectivity index (χ3n) is 2.66. The molecule has 0 saturated carbocycles. The van der Waals surface area contributed by atoms with E-state index in [9.17, 15) is 9.59 Å². The number of aryl methyl sites for hydroxylation is 1. The van der Waals surface area contributed by atoms with Gasteiger partial charge < -0.3 is 15.7 Å². The first-order valence-electron chi connectivity index (χ1n) is 5.99. The molecule has 1 rings (SSSR count). The molecule has 110 valence electrons. The van der Waals surface area contributed by atoms with Crippen LogP contribution in [0.15, 0.2) is 22.7 Å². The molecule has 2 amide bonds. The highest BCUT2D eigenvalue weighted by molar-refractivity contribution is 9.10. The zero-order valence-electron chi connectivity index (χ0n) is 11.3. The Bertz CT molecular complexity index is 497. The lowest BCUT2D eigenvalue weighted by Crippen LogP contribution is -2.43. The Balaban J connectivity index is 2.65. The number of carbonyl (C=O) groups is 2. The Hall–Kier alpha value is -1.21. The monoisotopic (exact) mass is 360 g/mol. The Labute approximate surface area is 130 Å². The fraction of sp³-hybridized carbons (Fsp3) is 0.385. The minimum absolute atomic E-state index is 0.390. The normalized spacial score (nSPS) is 11.8. The smallest absolute Gasteiger partial charge is 0.326 e. The molecule has 0 aliphatic carbocycles. The molecule has 1 aromatic rings. The molecule has 0 saturated heterocycles. The molecule has 3 N–H and O–H groups in total. The summed E-state index contributed by atoms with van der Waals surface area (Å²) >= 11 is 4.87. The Morgan fingerprint density at radius 3 is 2.75 bits per heavy atom. The number of hydrogen-bond acceptors (Lipinski definition) is 3. The van der Waals surface area contributed by atoms with E-state index in [1.54, 1.807) is 17.8 Å². The van der Waals surface area contributed by atoms with Crippen molar-refractivity contribution in [2.24, 2.45) is 0 Å². The van der Waals surface area contributed by atoms with E-state index in [1.807, 2.05) is 25.3 Å². The van der Waals surface area contributed by atoms with Crippen molar-refractivity contribution in [2.75, 3.05) is 17.3 Å². The van der Waals surface area contributed by atoms with Crippen LogP contribution >= 0.6 is 27.7 Å². The van der Waals surface area contributed by atoms with E-state index >= 15 is 0 Å². The number of anilines is 1. The summed E-state index contributed by atoms with van der Waals surface area (Å²) in [7, 11) is 0. The number of aliphatic carboxylic acids is 1. The summed E-state index contributed by atoms with van der Waals surface area (Å²) in [6.45, 7) is 1.87. The fourth-order valence-corrected chi connectivity index (χ4v) is 2.37. The molecule has 1 atom stereocenters. The molecule has 20 heavy (non-hydrogen) atoms. The molecule has 0 heterocycles. The Kier molecular flexibility index (Phi) is 6.87. The summed E-state index contributed by atoms with van der Waals surface area (Å²) in [5, 5.41) is 14.2. The van der Waals surface area contributed by atoms with Gasteiger partial charge in [-0.25, -0.2) is 9.59 Å². The lowest BCUT2D eigenvalue weighted by Gasteiger charge is -2.15. The standard InChI is InChI=1S/C13H17BrN2O3S/c1-8-3-4-9(14)7-11(8)16-13(19)15-10(12(17)18)5-6-20-2/h3-4,7,10H,5-6H2,1-2H3,(H,17,18)(H2,15,16,19). The maximum Gasteiger partial charge on any atom is 0.326 e. The van der Waals surface area contributed by atoms with Crippen molar-refractivity contribution in [2.45, 2.75) is 19.4 Å². The molecule has 0 spiro atoms. The van der Waals surface area contributed by atoms with E-state index in [0.29, 0.717) is 17.9 Å². The van der Waals surface area contributed by atoms with E-state index in [0.717, 1.165) is 10.0 Å². The number of hydrogen-bond donors (Lipinski definition) is 3. The zero-order valence-corrected chi connectivity index (χ0v) is 13.7. The lowest BCUT2D eigenvalue weighted by molar-refractivity contribution is -0.139. The van der Waals surface area contributed by atoms with Crippen LogP contribution < -0.4 is 10.6 Å². The topological polar surface area (TPSA) is 78.4 Å². The highest BCUT2D eigenvalue weighted by atomic mass is 79.9. The van der Waals surface area contributed by atoms with Gasteiger partial charge in [0.25, 0.3) is 0 Å². The number of halogens is 1. The van der Waals surface area contributed by atoms with Crippen molar-refractivity contribution >= 4 is 45.4 Å². The van der Waals surface area contributed by atoms with Gasteiger partial charge in [-0.1, -0.05) is 22.0 Å². The molecular weight excluding hydrogens is 344 g/mol. The average molecular weight is 361 g/mol. The van der Waals surface area contributed by atoms with Crippen LogP contribution in [0.5, 0.6) is 0 Å². The first kappa shape index (κ1) is 16.8. The van der Waals surface area contributed by atoms with Gasteiger partial charge in [0.2, 0.25) is 0 Å². The van der Waals surface area contributed by atoms with E-state index in [1.165, 1.54) is 0 Å². The lowest BCUT2D eigenvalue weighted by atomic mass is 10.2. The van der Waals surface area contributed by atoms with Crippen LogP contribution in [-0.4, -0.2) is 35.2 Å². The van der Waals surface area contributed by atoms with E-state index in [-0.39, 0.29) is 0 Å². The summed E-state index contributed by atoms with van der Waals surface area (Å²) in [5.74, 6) is -0.354. The highest BCUT2D eigenvalue weighted by Gasteiger charge is 2.19. The maximum atomic E-state index is 11.8. The SMILES string of the molecule is CSCCC(NC(=O)Nc1cc(Br)ccc1C)C(=O)O. The van der Waals surface area contributed by atoms with Gasteiger partial charge in [0, 0.05) is 10.2 Å². The van der Waals surface area contributed by atoms with Gasteiger partial charge in [-0.15, -0.1) is 0 Å². The fourth-order valence-electron chi connectivity index (χ4n) is 1.54. The molecule has 7 heteroatoms. The van der Waals surface area contributed by atoms with Crippen LogP contribution in [0, 0.1) is 6.92 Å². The van der Waals surface area contributed by atoms with Gasteiger partial charge in [-0.2, -0.15) is 11.8 Å². The summed E-state index contributed by atoms with van der Waals surface area (Å²) in [5.41, 5.74) is 1.55. The number of carbonyl (C=O) groups excluding carboxylic acids is 1. The Morgan fingerprint density at radius 2 is 2.15 bits per heavy atom. The number of urea groups is 1. The first-order chi connectivity index (χ1) is 9.43. The van der Waals surface area contributed by atoms with Gasteiger partial charge in [-0.3, -0.25) is 0 Å². The summed E-state index contributed by atoms with van der Waals surface area (Å²) in [6.07, 6.45) is 2.28. The van der Waals surface area contributed by atoms with Crippen LogP contribution in [0.25, 0.3) is 0 Å². The van der Waals surface area contributed by atoms with Crippen LogP contribution in [0.1, 0.15) is 12.0 Å². The number of nitrogens with one attached hydrogen (secondary N) is 2. The van der Waals surface area contributed by atoms with Crippen LogP contribution in [0.2, 0.25) is 0 Å². The predicted molar refractivity (Wildman–Crippen MR) is 85.5 cm³/mol. The van der Waals surface area contributed by atoms with Crippen LogP contribution in [0.4, 0.5) is 10.5 Å². The van der Waals surface area contributed by atoms with E-state index in [2.05, 4.69) is 26.6 Å². The number of thioether (sulfide) groups is 1. The van der Waals surface area contributed by atoms with Crippen molar-refractivity contribution < 1.29 is 14.7 Å². The third-order valence-corrected chi connectivity index (χ3v) is 3.80. The molecule has 0 radical (unpaired) electrons. The molecular formula is C13H17BrN2O3S.